The van der Waals surface area contributed by atoms with E-state index in [0.717, 1.165) is 12.2 Å². The number of carbonyl (C=O) groups is 2. The minimum Gasteiger partial charge on any atom is -0.463 e. The monoisotopic (exact) mass is 338 g/mol. The Labute approximate surface area is 130 Å². The van der Waals surface area contributed by atoms with Crippen LogP contribution in [0.2, 0.25) is 0 Å². The summed E-state index contributed by atoms with van der Waals surface area (Å²) < 4.78 is 21.7. The summed E-state index contributed by atoms with van der Waals surface area (Å²) in [6.07, 6.45) is 1.59. The van der Waals surface area contributed by atoms with Gasteiger partial charge in [-0.1, -0.05) is 6.92 Å². The molecule has 1 atom stereocenters. The molecule has 0 spiro atoms. The van der Waals surface area contributed by atoms with Gasteiger partial charge in [-0.2, -0.15) is 0 Å². The number of carbonyl (C=O) groups excluding carboxylic acids is 2. The van der Waals surface area contributed by atoms with Crippen LogP contribution in [-0.2, 0) is 23.6 Å². The lowest BCUT2D eigenvalue weighted by atomic mass is 10.2. The number of nitrogens with zero attached hydrogens (tertiary/aromatic N) is 1. The van der Waals surface area contributed by atoms with Crippen molar-refractivity contribution >= 4 is 19.5 Å². The molecule has 0 fully saturated rings. The highest BCUT2D eigenvalue weighted by Crippen LogP contribution is 2.54. The van der Waals surface area contributed by atoms with Crippen LogP contribution in [0, 0.1) is 0 Å². The molecule has 0 heterocycles. The normalized spacial score (nSPS) is 15.4. The topological polar surface area (TPSA) is 110 Å². The molecule has 2 N–H and O–H groups in total. The van der Waals surface area contributed by atoms with Crippen LogP contribution in [0.4, 0.5) is 0 Å². The Morgan fingerprint density at radius 3 is 2.00 bits per heavy atom. The lowest BCUT2D eigenvalue weighted by molar-refractivity contribution is -0.875. The molecule has 8 nitrogen and oxygen atoms in total. The zero-order valence-corrected chi connectivity index (χ0v) is 14.5. The van der Waals surface area contributed by atoms with E-state index in [4.69, 9.17) is 4.74 Å². The summed E-state index contributed by atoms with van der Waals surface area (Å²) in [7, 11) is 0.448. The lowest BCUT2D eigenvalue weighted by Crippen LogP contribution is -2.51. The molecule has 1 unspecified atom stereocenters. The molecule has 0 aliphatic rings. The minimum absolute atomic E-state index is 0.0637. The van der Waals surface area contributed by atoms with Gasteiger partial charge in [0.1, 0.15) is 6.54 Å². The van der Waals surface area contributed by atoms with Crippen molar-refractivity contribution in [2.75, 3.05) is 34.3 Å². The van der Waals surface area contributed by atoms with Gasteiger partial charge in [0.15, 0.2) is 0 Å². The first kappa shape index (κ1) is 20.8. The first-order valence-corrected chi connectivity index (χ1v) is 8.42. The zero-order valence-electron chi connectivity index (χ0n) is 13.6. The summed E-state index contributed by atoms with van der Waals surface area (Å²) in [5.74, 6) is -1.74. The predicted octanol–water partition coefficient (Wildman–Crippen LogP) is 0.639. The van der Waals surface area contributed by atoms with Crippen molar-refractivity contribution < 1.29 is 37.9 Å². The van der Waals surface area contributed by atoms with Crippen LogP contribution in [0.1, 0.15) is 20.3 Å². The number of quaternary nitrogens is 1. The van der Waals surface area contributed by atoms with Gasteiger partial charge in [-0.15, -0.1) is 0 Å². The molecule has 0 aliphatic heterocycles. The van der Waals surface area contributed by atoms with Crippen molar-refractivity contribution in [3.63, 3.8) is 0 Å². The molecule has 0 rings (SSSR count). The summed E-state index contributed by atoms with van der Waals surface area (Å²) in [4.78, 5) is 42.1. The van der Waals surface area contributed by atoms with Gasteiger partial charge in [-0.3, -0.25) is 4.57 Å². The zero-order chi connectivity index (χ0) is 17.6. The standard InChI is InChI=1S/C13H24NO7P/c1-6-13(22(17,18)19,10-14(3,4)5)21-12(16)9-8-11(15)20-7-2/h8-9H,6-7,10H2,1-5H3,(H-,17,18,19)/p+1/b9-8+. The molecule has 128 valence electrons. The van der Waals surface area contributed by atoms with Crippen molar-refractivity contribution in [3.8, 4) is 0 Å². The van der Waals surface area contributed by atoms with Crippen LogP contribution in [0.5, 0.6) is 0 Å². The first-order valence-electron chi connectivity index (χ1n) is 6.81. The molecule has 0 aromatic rings. The van der Waals surface area contributed by atoms with Gasteiger partial charge in [0.25, 0.3) is 5.34 Å². The Bertz CT molecular complexity index is 477. The maximum atomic E-state index is 11.8. The van der Waals surface area contributed by atoms with Crippen molar-refractivity contribution in [2.24, 2.45) is 0 Å². The Kier molecular flexibility index (Phi) is 7.44. The fraction of sp³-hybridized carbons (Fsp3) is 0.692. The number of likely N-dealkylation sites (N-methyl/N-ethyl adjacent to an activating group) is 1. The highest BCUT2D eigenvalue weighted by molar-refractivity contribution is 7.53. The third-order valence-electron chi connectivity index (χ3n) is 2.74. The van der Waals surface area contributed by atoms with Crippen molar-refractivity contribution in [3.05, 3.63) is 12.2 Å². The quantitative estimate of drug-likeness (QED) is 0.289. The van der Waals surface area contributed by atoms with Crippen LogP contribution in [0.15, 0.2) is 12.2 Å². The van der Waals surface area contributed by atoms with Crippen LogP contribution in [0.3, 0.4) is 0 Å². The first-order chi connectivity index (χ1) is 9.87. The van der Waals surface area contributed by atoms with Crippen LogP contribution in [-0.4, -0.2) is 65.8 Å². The molecule has 9 heteroatoms. The molecule has 0 saturated carbocycles. The third-order valence-corrected chi connectivity index (χ3v) is 4.35. The summed E-state index contributed by atoms with van der Waals surface area (Å²) in [6, 6.07) is 0. The number of ether oxygens (including phenoxy) is 2. The smallest absolute Gasteiger partial charge is 0.374 e. The largest absolute Gasteiger partial charge is 0.463 e. The van der Waals surface area contributed by atoms with E-state index in [1.165, 1.54) is 6.92 Å². The average molecular weight is 338 g/mol. The average Bonchev–Trinajstić information content (AvgIpc) is 2.32. The van der Waals surface area contributed by atoms with E-state index in [1.807, 2.05) is 0 Å². The minimum atomic E-state index is -4.73. The Morgan fingerprint density at radius 2 is 1.64 bits per heavy atom. The van der Waals surface area contributed by atoms with Gasteiger partial charge < -0.3 is 23.7 Å². The van der Waals surface area contributed by atoms with E-state index < -0.39 is 24.9 Å². The van der Waals surface area contributed by atoms with E-state index in [-0.39, 0.29) is 24.1 Å². The fourth-order valence-electron chi connectivity index (χ4n) is 1.86. The molecule has 22 heavy (non-hydrogen) atoms. The van der Waals surface area contributed by atoms with Gasteiger partial charge in [-0.05, 0) is 6.92 Å². The number of esters is 2. The highest BCUT2D eigenvalue weighted by atomic mass is 31.2. The Morgan fingerprint density at radius 1 is 1.14 bits per heavy atom. The Balaban J connectivity index is 5.27. The molecular formula is C13H25NO7P+. The third kappa shape index (κ3) is 6.70. The lowest BCUT2D eigenvalue weighted by Gasteiger charge is -2.37. The second-order valence-corrected chi connectivity index (χ2v) is 7.70. The summed E-state index contributed by atoms with van der Waals surface area (Å²) >= 11 is 0. The van der Waals surface area contributed by atoms with Crippen LogP contribution < -0.4 is 0 Å². The van der Waals surface area contributed by atoms with E-state index in [1.54, 1.807) is 28.1 Å². The fourth-order valence-corrected chi connectivity index (χ4v) is 3.09. The van der Waals surface area contributed by atoms with Crippen molar-refractivity contribution in [2.45, 2.75) is 25.6 Å². The van der Waals surface area contributed by atoms with E-state index in [9.17, 15) is 23.9 Å². The maximum Gasteiger partial charge on any atom is 0.374 e. The number of rotatable bonds is 8. The maximum absolute atomic E-state index is 11.8. The van der Waals surface area contributed by atoms with Crippen LogP contribution in [0.25, 0.3) is 0 Å². The summed E-state index contributed by atoms with van der Waals surface area (Å²) in [5.41, 5.74) is 0. The molecule has 0 aromatic heterocycles. The second-order valence-electron chi connectivity index (χ2n) is 5.80. The van der Waals surface area contributed by atoms with E-state index in [2.05, 4.69) is 4.74 Å². The summed E-state index contributed by atoms with van der Waals surface area (Å²) in [5, 5.41) is -1.94. The Hall–Kier alpha value is -1.21. The molecule has 0 aromatic carbocycles. The molecule has 0 bridgehead atoms. The highest BCUT2D eigenvalue weighted by Gasteiger charge is 2.53. The van der Waals surface area contributed by atoms with Crippen molar-refractivity contribution in [1.29, 1.82) is 0 Å². The molecule has 0 radical (unpaired) electrons. The van der Waals surface area contributed by atoms with Crippen molar-refractivity contribution in [1.82, 2.24) is 0 Å². The van der Waals surface area contributed by atoms with Gasteiger partial charge >= 0.3 is 19.5 Å². The van der Waals surface area contributed by atoms with Crippen LogP contribution >= 0.6 is 7.60 Å². The number of hydrogen-bond acceptors (Lipinski definition) is 5. The van der Waals surface area contributed by atoms with Gasteiger partial charge in [-0.25, -0.2) is 9.59 Å². The van der Waals surface area contributed by atoms with Gasteiger partial charge in [0.05, 0.1) is 27.7 Å². The molecular weight excluding hydrogens is 313 g/mol. The molecule has 0 saturated heterocycles. The predicted molar refractivity (Wildman–Crippen MR) is 79.8 cm³/mol. The van der Waals surface area contributed by atoms with E-state index in [0.29, 0.717) is 0 Å². The summed E-state index contributed by atoms with van der Waals surface area (Å²) in [6.45, 7) is 3.21. The molecule has 0 aliphatic carbocycles. The van der Waals surface area contributed by atoms with E-state index >= 15 is 0 Å². The second kappa shape index (κ2) is 7.87. The number of hydrogen-bond donors (Lipinski definition) is 2. The SMILES string of the molecule is CCOC(=O)/C=C/C(=O)OC(CC)(C[N+](C)(C)C)P(=O)(O)O. The van der Waals surface area contributed by atoms with Gasteiger partial charge in [0, 0.05) is 18.6 Å². The van der Waals surface area contributed by atoms with Gasteiger partial charge in [0.2, 0.25) is 0 Å². The molecule has 0 amide bonds.